The first-order valence-corrected chi connectivity index (χ1v) is 7.65. The van der Waals surface area contributed by atoms with Crippen molar-refractivity contribution >= 4 is 11.9 Å². The molecule has 16 heavy (non-hydrogen) atoms. The van der Waals surface area contributed by atoms with Crippen molar-refractivity contribution in [3.63, 3.8) is 0 Å². The van der Waals surface area contributed by atoms with Gasteiger partial charge in [-0.15, -0.1) is 0 Å². The van der Waals surface area contributed by atoms with Gasteiger partial charge in [-0.05, 0) is 51.1 Å². The maximum absolute atomic E-state index is 5.72. The lowest BCUT2D eigenvalue weighted by molar-refractivity contribution is 0.0675. The van der Waals surface area contributed by atoms with Crippen LogP contribution in [0.15, 0.2) is 0 Å². The molecule has 0 unspecified atom stereocenters. The van der Waals surface area contributed by atoms with Crippen LogP contribution in [0.4, 0.5) is 0 Å². The van der Waals surface area contributed by atoms with E-state index in [1.807, 2.05) is 0 Å². The summed E-state index contributed by atoms with van der Waals surface area (Å²) in [6, 6.07) is 0. The van der Waals surface area contributed by atoms with E-state index >= 15 is 0 Å². The van der Waals surface area contributed by atoms with E-state index in [9.17, 15) is 0 Å². The van der Waals surface area contributed by atoms with Crippen LogP contribution in [0, 0.1) is 5.92 Å². The highest BCUT2D eigenvalue weighted by atomic mass is 32.2. The van der Waals surface area contributed by atoms with E-state index < -0.39 is 0 Å². The Morgan fingerprint density at radius 3 is 2.75 bits per heavy atom. The van der Waals surface area contributed by atoms with Crippen LogP contribution in [-0.4, -0.2) is 50.5 Å². The maximum atomic E-state index is 5.72. The zero-order valence-corrected chi connectivity index (χ0v) is 11.5. The average molecular weight is 246 g/mol. The molecule has 0 aromatic heterocycles. The quantitative estimate of drug-likeness (QED) is 0.523. The SMILES string of the molecule is CCN1CCC(COCCCNSC)CC1. The Morgan fingerprint density at radius 1 is 1.38 bits per heavy atom. The van der Waals surface area contributed by atoms with Crippen molar-refractivity contribution in [1.82, 2.24) is 9.62 Å². The van der Waals surface area contributed by atoms with Crippen molar-refractivity contribution in [3.8, 4) is 0 Å². The average Bonchev–Trinajstić information content (AvgIpc) is 2.34. The first kappa shape index (κ1) is 14.3. The molecule has 0 radical (unpaired) electrons. The minimum Gasteiger partial charge on any atom is -0.381 e. The topological polar surface area (TPSA) is 24.5 Å². The Hall–Kier alpha value is 0.230. The summed E-state index contributed by atoms with van der Waals surface area (Å²) < 4.78 is 8.95. The minimum absolute atomic E-state index is 0.802. The summed E-state index contributed by atoms with van der Waals surface area (Å²) in [5, 5.41) is 0. The Balaban J connectivity index is 1.90. The van der Waals surface area contributed by atoms with Crippen molar-refractivity contribution in [2.24, 2.45) is 5.92 Å². The Morgan fingerprint density at radius 2 is 2.12 bits per heavy atom. The summed E-state index contributed by atoms with van der Waals surface area (Å²) in [5.41, 5.74) is 0. The predicted octanol–water partition coefficient (Wildman–Crippen LogP) is 1.99. The van der Waals surface area contributed by atoms with Crippen molar-refractivity contribution in [3.05, 3.63) is 0 Å². The molecule has 0 saturated carbocycles. The van der Waals surface area contributed by atoms with Gasteiger partial charge in [-0.25, -0.2) is 0 Å². The summed E-state index contributed by atoms with van der Waals surface area (Å²) >= 11 is 1.68. The normalized spacial score (nSPS) is 19.1. The van der Waals surface area contributed by atoms with Crippen LogP contribution < -0.4 is 4.72 Å². The molecule has 1 heterocycles. The first-order chi connectivity index (χ1) is 7.86. The molecular weight excluding hydrogens is 220 g/mol. The number of hydrogen-bond acceptors (Lipinski definition) is 4. The van der Waals surface area contributed by atoms with E-state index in [4.69, 9.17) is 4.74 Å². The van der Waals surface area contributed by atoms with Crippen LogP contribution in [-0.2, 0) is 4.74 Å². The van der Waals surface area contributed by atoms with Gasteiger partial charge in [-0.3, -0.25) is 4.72 Å². The molecule has 0 bridgehead atoms. The Kier molecular flexibility index (Phi) is 8.29. The molecule has 0 spiro atoms. The monoisotopic (exact) mass is 246 g/mol. The number of likely N-dealkylation sites (tertiary alicyclic amines) is 1. The third-order valence-corrected chi connectivity index (χ3v) is 3.71. The summed E-state index contributed by atoms with van der Waals surface area (Å²) in [7, 11) is 0. The second kappa shape index (κ2) is 9.28. The molecule has 1 saturated heterocycles. The maximum Gasteiger partial charge on any atom is 0.0495 e. The van der Waals surface area contributed by atoms with Crippen LogP contribution in [0.5, 0.6) is 0 Å². The number of rotatable bonds is 8. The molecule has 0 aromatic carbocycles. The molecule has 3 nitrogen and oxygen atoms in total. The molecule has 4 heteroatoms. The van der Waals surface area contributed by atoms with Gasteiger partial charge in [0.2, 0.25) is 0 Å². The van der Waals surface area contributed by atoms with Gasteiger partial charge < -0.3 is 9.64 Å². The van der Waals surface area contributed by atoms with Crippen LogP contribution in [0.3, 0.4) is 0 Å². The number of nitrogens with zero attached hydrogens (tertiary/aromatic N) is 1. The lowest BCUT2D eigenvalue weighted by atomic mass is 9.98. The lowest BCUT2D eigenvalue weighted by Gasteiger charge is -2.30. The summed E-state index contributed by atoms with van der Waals surface area (Å²) in [6.07, 6.45) is 5.81. The molecule has 1 N–H and O–H groups in total. The van der Waals surface area contributed by atoms with E-state index in [2.05, 4.69) is 22.8 Å². The van der Waals surface area contributed by atoms with Gasteiger partial charge in [0.25, 0.3) is 0 Å². The van der Waals surface area contributed by atoms with Crippen LogP contribution in [0.1, 0.15) is 26.2 Å². The largest absolute Gasteiger partial charge is 0.381 e. The zero-order valence-electron chi connectivity index (χ0n) is 10.7. The molecule has 0 aliphatic carbocycles. The van der Waals surface area contributed by atoms with E-state index in [1.54, 1.807) is 11.9 Å². The number of hydrogen-bond donors (Lipinski definition) is 1. The highest BCUT2D eigenvalue weighted by Crippen LogP contribution is 2.16. The summed E-state index contributed by atoms with van der Waals surface area (Å²) in [6.45, 7) is 8.90. The second-order valence-electron chi connectivity index (χ2n) is 4.40. The summed E-state index contributed by atoms with van der Waals surface area (Å²) in [5.74, 6) is 0.802. The minimum atomic E-state index is 0.802. The molecule has 1 rings (SSSR count). The lowest BCUT2D eigenvalue weighted by Crippen LogP contribution is -2.34. The van der Waals surface area contributed by atoms with Gasteiger partial charge in [-0.2, -0.15) is 0 Å². The first-order valence-electron chi connectivity index (χ1n) is 6.42. The second-order valence-corrected chi connectivity index (χ2v) is 5.10. The fourth-order valence-electron chi connectivity index (χ4n) is 2.07. The van der Waals surface area contributed by atoms with Crippen molar-refractivity contribution in [2.75, 3.05) is 45.6 Å². The van der Waals surface area contributed by atoms with Gasteiger partial charge in [-0.1, -0.05) is 18.9 Å². The molecule has 1 aliphatic rings. The van der Waals surface area contributed by atoms with Gasteiger partial charge in [0, 0.05) is 19.8 Å². The fraction of sp³-hybridized carbons (Fsp3) is 1.00. The van der Waals surface area contributed by atoms with Gasteiger partial charge in [0.1, 0.15) is 0 Å². The van der Waals surface area contributed by atoms with E-state index in [1.165, 1.54) is 32.5 Å². The number of ether oxygens (including phenoxy) is 1. The molecule has 96 valence electrons. The molecule has 0 amide bonds. The Labute approximate surface area is 104 Å². The molecule has 0 atom stereocenters. The van der Waals surface area contributed by atoms with Gasteiger partial charge in [0.15, 0.2) is 0 Å². The van der Waals surface area contributed by atoms with Gasteiger partial charge in [0.05, 0.1) is 0 Å². The molecule has 1 fully saturated rings. The Bertz CT molecular complexity index is 161. The van der Waals surface area contributed by atoms with E-state index in [-0.39, 0.29) is 0 Å². The fourth-order valence-corrected chi connectivity index (χ4v) is 2.42. The number of nitrogens with one attached hydrogen (secondary N) is 1. The molecule has 1 aliphatic heterocycles. The molecular formula is C12H26N2OS. The highest BCUT2D eigenvalue weighted by molar-refractivity contribution is 7.96. The van der Waals surface area contributed by atoms with E-state index in [0.29, 0.717) is 0 Å². The smallest absolute Gasteiger partial charge is 0.0495 e. The van der Waals surface area contributed by atoms with Crippen molar-refractivity contribution in [1.29, 1.82) is 0 Å². The van der Waals surface area contributed by atoms with Crippen molar-refractivity contribution in [2.45, 2.75) is 26.2 Å². The predicted molar refractivity (Wildman–Crippen MR) is 71.8 cm³/mol. The number of piperidine rings is 1. The van der Waals surface area contributed by atoms with Crippen molar-refractivity contribution < 1.29 is 4.74 Å². The standard InChI is InChI=1S/C12H26N2OS/c1-3-14-8-5-12(6-9-14)11-15-10-4-7-13-16-2/h12-13H,3-11H2,1-2H3. The van der Waals surface area contributed by atoms with Gasteiger partial charge >= 0.3 is 0 Å². The third-order valence-electron chi connectivity index (χ3n) is 3.22. The zero-order chi connectivity index (χ0) is 11.6. The molecule has 0 aromatic rings. The van der Waals surface area contributed by atoms with Crippen LogP contribution in [0.25, 0.3) is 0 Å². The van der Waals surface area contributed by atoms with E-state index in [0.717, 1.165) is 32.1 Å². The van der Waals surface area contributed by atoms with Crippen LogP contribution in [0.2, 0.25) is 0 Å². The highest BCUT2D eigenvalue weighted by Gasteiger charge is 2.17. The third kappa shape index (κ3) is 6.09. The summed E-state index contributed by atoms with van der Waals surface area (Å²) in [4.78, 5) is 2.53. The van der Waals surface area contributed by atoms with Crippen LogP contribution >= 0.6 is 11.9 Å².